The molecule has 0 aliphatic heterocycles. The largest absolute Gasteiger partial charge is 0.486 e. The minimum Gasteiger partial charge on any atom is -0.486 e. The summed E-state index contributed by atoms with van der Waals surface area (Å²) >= 11 is 2.91. The Hall–Kier alpha value is -2.97. The van der Waals surface area contributed by atoms with Gasteiger partial charge in [-0.2, -0.15) is 0 Å². The number of carbonyl (C=O) groups is 1. The Labute approximate surface area is 163 Å². The number of thiazole rings is 2. The van der Waals surface area contributed by atoms with Crippen LogP contribution in [0.4, 0.5) is 5.13 Å². The van der Waals surface area contributed by atoms with Gasteiger partial charge in [0.05, 0.1) is 6.26 Å². The van der Waals surface area contributed by atoms with E-state index in [-0.39, 0.29) is 5.91 Å². The molecule has 3 aromatic heterocycles. The third-order valence-electron chi connectivity index (χ3n) is 3.64. The van der Waals surface area contributed by atoms with E-state index in [1.807, 2.05) is 23.8 Å². The summed E-state index contributed by atoms with van der Waals surface area (Å²) in [6.07, 6.45) is 1.59. The highest BCUT2D eigenvalue weighted by molar-refractivity contribution is 7.14. The van der Waals surface area contributed by atoms with E-state index in [4.69, 9.17) is 9.15 Å². The van der Waals surface area contributed by atoms with Crippen LogP contribution >= 0.6 is 22.7 Å². The molecule has 3 heterocycles. The van der Waals surface area contributed by atoms with Crippen LogP contribution in [0.3, 0.4) is 0 Å². The number of benzene rings is 1. The lowest BCUT2D eigenvalue weighted by Crippen LogP contribution is -2.11. The number of aryl methyl sites for hydroxylation is 1. The molecule has 0 aliphatic carbocycles. The summed E-state index contributed by atoms with van der Waals surface area (Å²) in [7, 11) is 0. The number of ether oxygens (including phenoxy) is 1. The summed E-state index contributed by atoms with van der Waals surface area (Å²) in [5.74, 6) is 1.13. The first-order valence-electron chi connectivity index (χ1n) is 8.12. The van der Waals surface area contributed by atoms with E-state index in [0.29, 0.717) is 34.5 Å². The first-order valence-corrected chi connectivity index (χ1v) is 9.88. The molecule has 0 spiro atoms. The summed E-state index contributed by atoms with van der Waals surface area (Å²) in [5, 5.41) is 8.07. The molecule has 8 heteroatoms. The molecule has 0 saturated carbocycles. The predicted molar refractivity (Wildman–Crippen MR) is 105 cm³/mol. The number of hydrogen-bond donors (Lipinski definition) is 1. The summed E-state index contributed by atoms with van der Waals surface area (Å²) in [5.41, 5.74) is 2.21. The van der Waals surface area contributed by atoms with E-state index in [0.717, 1.165) is 10.7 Å². The molecule has 6 nitrogen and oxygen atoms in total. The van der Waals surface area contributed by atoms with Gasteiger partial charge in [0.2, 0.25) is 0 Å². The molecular weight excluding hydrogens is 382 g/mol. The van der Waals surface area contributed by atoms with Gasteiger partial charge < -0.3 is 9.15 Å². The van der Waals surface area contributed by atoms with Crippen LogP contribution in [0.1, 0.15) is 21.1 Å². The first kappa shape index (κ1) is 17.4. The summed E-state index contributed by atoms with van der Waals surface area (Å²) in [6, 6.07) is 10.6. The third kappa shape index (κ3) is 4.24. The number of rotatable bonds is 6. The van der Waals surface area contributed by atoms with Crippen LogP contribution in [0.15, 0.2) is 57.8 Å². The van der Waals surface area contributed by atoms with Crippen molar-refractivity contribution in [1.82, 2.24) is 9.97 Å². The van der Waals surface area contributed by atoms with Crippen molar-refractivity contribution in [2.75, 3.05) is 5.32 Å². The highest BCUT2D eigenvalue weighted by Crippen LogP contribution is 2.25. The van der Waals surface area contributed by atoms with Crippen molar-refractivity contribution >= 4 is 33.7 Å². The lowest BCUT2D eigenvalue weighted by atomic mass is 10.2. The number of anilines is 1. The minimum absolute atomic E-state index is 0.225. The Morgan fingerprint density at radius 1 is 1.15 bits per heavy atom. The molecule has 0 aliphatic rings. The maximum Gasteiger partial charge on any atom is 0.257 e. The third-order valence-corrected chi connectivity index (χ3v) is 5.34. The molecule has 0 radical (unpaired) electrons. The zero-order valence-electron chi connectivity index (χ0n) is 14.3. The van der Waals surface area contributed by atoms with Gasteiger partial charge >= 0.3 is 0 Å². The fraction of sp³-hybridized carbons (Fsp3) is 0.105. The first-order chi connectivity index (χ1) is 13.2. The maximum atomic E-state index is 12.4. The molecule has 0 unspecified atom stereocenters. The molecule has 27 heavy (non-hydrogen) atoms. The van der Waals surface area contributed by atoms with E-state index in [2.05, 4.69) is 15.3 Å². The van der Waals surface area contributed by atoms with E-state index in [1.54, 1.807) is 47.9 Å². The Morgan fingerprint density at radius 2 is 2.00 bits per heavy atom. The fourth-order valence-corrected chi connectivity index (χ4v) is 3.73. The summed E-state index contributed by atoms with van der Waals surface area (Å²) in [4.78, 5) is 21.1. The smallest absolute Gasteiger partial charge is 0.257 e. The van der Waals surface area contributed by atoms with Crippen molar-refractivity contribution in [3.05, 3.63) is 69.7 Å². The van der Waals surface area contributed by atoms with Crippen LogP contribution in [-0.2, 0) is 6.61 Å². The zero-order chi connectivity index (χ0) is 18.6. The molecule has 1 aromatic carbocycles. The van der Waals surface area contributed by atoms with Gasteiger partial charge in [-0.25, -0.2) is 9.97 Å². The van der Waals surface area contributed by atoms with Crippen molar-refractivity contribution < 1.29 is 13.9 Å². The number of nitrogens with one attached hydrogen (secondary N) is 1. The number of carbonyl (C=O) groups excluding carboxylic acids is 1. The zero-order valence-corrected chi connectivity index (χ0v) is 16.0. The van der Waals surface area contributed by atoms with Gasteiger partial charge in [0.1, 0.15) is 23.1 Å². The number of nitrogens with zero attached hydrogens (tertiary/aromatic N) is 2. The van der Waals surface area contributed by atoms with Gasteiger partial charge in [0.25, 0.3) is 5.91 Å². The predicted octanol–water partition coefficient (Wildman–Crippen LogP) is 5.00. The minimum atomic E-state index is -0.225. The molecule has 0 fully saturated rings. The van der Waals surface area contributed by atoms with Gasteiger partial charge in [-0.3, -0.25) is 10.1 Å². The number of furan rings is 1. The van der Waals surface area contributed by atoms with E-state index >= 15 is 0 Å². The fourth-order valence-electron chi connectivity index (χ4n) is 2.35. The summed E-state index contributed by atoms with van der Waals surface area (Å²) < 4.78 is 11.0. The molecule has 1 amide bonds. The number of amides is 1. The van der Waals surface area contributed by atoms with Gasteiger partial charge in [0.15, 0.2) is 10.9 Å². The lowest BCUT2D eigenvalue weighted by molar-refractivity contribution is 0.102. The average Bonchev–Trinajstić information content (AvgIpc) is 3.42. The van der Waals surface area contributed by atoms with Gasteiger partial charge in [0, 0.05) is 22.0 Å². The Bertz CT molecular complexity index is 1040. The highest BCUT2D eigenvalue weighted by Gasteiger charge is 2.11. The second-order valence-corrected chi connectivity index (χ2v) is 7.47. The molecular formula is C19H15N3O3S2. The van der Waals surface area contributed by atoms with Gasteiger partial charge in [-0.1, -0.05) is 0 Å². The van der Waals surface area contributed by atoms with Crippen LogP contribution < -0.4 is 10.1 Å². The Kier molecular flexibility index (Phi) is 4.99. The quantitative estimate of drug-likeness (QED) is 0.495. The highest BCUT2D eigenvalue weighted by atomic mass is 32.1. The number of hydrogen-bond acceptors (Lipinski definition) is 7. The molecule has 0 bridgehead atoms. The summed E-state index contributed by atoms with van der Waals surface area (Å²) in [6.45, 7) is 2.37. The molecule has 0 saturated heterocycles. The lowest BCUT2D eigenvalue weighted by Gasteiger charge is -2.06. The monoisotopic (exact) mass is 397 g/mol. The SMILES string of the molecule is Cc1csc(COc2ccc(C(=O)Nc3nc(-c4ccco4)cs3)cc2)n1. The molecule has 4 rings (SSSR count). The van der Waals surface area contributed by atoms with E-state index in [1.165, 1.54) is 11.3 Å². The second-order valence-electron chi connectivity index (χ2n) is 5.67. The van der Waals surface area contributed by atoms with Crippen LogP contribution in [0.25, 0.3) is 11.5 Å². The molecule has 1 N–H and O–H groups in total. The molecule has 4 aromatic rings. The Balaban J connectivity index is 1.36. The van der Waals surface area contributed by atoms with E-state index in [9.17, 15) is 4.79 Å². The van der Waals surface area contributed by atoms with Crippen molar-refractivity contribution in [2.45, 2.75) is 13.5 Å². The topological polar surface area (TPSA) is 77.2 Å². The van der Waals surface area contributed by atoms with Crippen molar-refractivity contribution in [2.24, 2.45) is 0 Å². The van der Waals surface area contributed by atoms with Crippen LogP contribution in [0, 0.1) is 6.92 Å². The molecule has 0 atom stereocenters. The maximum absolute atomic E-state index is 12.4. The van der Waals surface area contributed by atoms with Crippen LogP contribution in [0.5, 0.6) is 5.75 Å². The standard InChI is InChI=1S/C19H15N3O3S2/c1-12-10-26-17(20-12)9-25-14-6-4-13(5-7-14)18(23)22-19-21-15(11-27-19)16-3-2-8-24-16/h2-8,10-11H,9H2,1H3,(H,21,22,23). The Morgan fingerprint density at radius 3 is 2.70 bits per heavy atom. The normalized spacial score (nSPS) is 10.7. The second kappa shape index (κ2) is 7.73. The average molecular weight is 397 g/mol. The van der Waals surface area contributed by atoms with E-state index < -0.39 is 0 Å². The van der Waals surface area contributed by atoms with Gasteiger partial charge in [-0.05, 0) is 43.3 Å². The van der Waals surface area contributed by atoms with Crippen molar-refractivity contribution in [3.8, 4) is 17.2 Å². The van der Waals surface area contributed by atoms with Crippen molar-refractivity contribution in [1.29, 1.82) is 0 Å². The van der Waals surface area contributed by atoms with Crippen LogP contribution in [-0.4, -0.2) is 15.9 Å². The van der Waals surface area contributed by atoms with Gasteiger partial charge in [-0.15, -0.1) is 22.7 Å². The van der Waals surface area contributed by atoms with Crippen LogP contribution in [0.2, 0.25) is 0 Å². The molecule has 136 valence electrons. The number of aromatic nitrogens is 2. The van der Waals surface area contributed by atoms with Crippen molar-refractivity contribution in [3.63, 3.8) is 0 Å².